The van der Waals surface area contributed by atoms with E-state index < -0.39 is 29.7 Å². The average molecular weight is 471 g/mol. The summed E-state index contributed by atoms with van der Waals surface area (Å²) in [5.74, 6) is -1.16. The highest BCUT2D eigenvalue weighted by atomic mass is 16.5. The molecule has 0 radical (unpaired) electrons. The molecule has 1 aliphatic rings. The van der Waals surface area contributed by atoms with Crippen LogP contribution in [0.3, 0.4) is 0 Å². The van der Waals surface area contributed by atoms with Crippen LogP contribution in [0.4, 0.5) is 5.69 Å². The van der Waals surface area contributed by atoms with Crippen molar-refractivity contribution in [3.63, 3.8) is 0 Å². The van der Waals surface area contributed by atoms with Gasteiger partial charge in [0.2, 0.25) is 11.7 Å². The van der Waals surface area contributed by atoms with Gasteiger partial charge in [-0.05, 0) is 43.3 Å². The van der Waals surface area contributed by atoms with E-state index in [-0.39, 0.29) is 30.1 Å². The van der Waals surface area contributed by atoms with Gasteiger partial charge in [-0.25, -0.2) is 15.1 Å². The number of hydrazine groups is 1. The van der Waals surface area contributed by atoms with Gasteiger partial charge in [0, 0.05) is 5.56 Å². The van der Waals surface area contributed by atoms with Crippen LogP contribution in [0, 0.1) is 0 Å². The monoisotopic (exact) mass is 471 g/mol. The summed E-state index contributed by atoms with van der Waals surface area (Å²) in [4.78, 5) is 50.7. The Hall–Kier alpha value is -4.12. The first-order valence-electron chi connectivity index (χ1n) is 10.3. The zero-order chi connectivity index (χ0) is 24.8. The number of benzene rings is 2. The number of methoxy groups -OCH3 is 3. The number of nitrogens with zero attached hydrogens (tertiary/aromatic N) is 1. The topological polar surface area (TPSA) is 133 Å². The Morgan fingerprint density at radius 1 is 0.971 bits per heavy atom. The van der Waals surface area contributed by atoms with Crippen molar-refractivity contribution in [3.05, 3.63) is 47.5 Å². The Balaban J connectivity index is 1.69. The highest BCUT2D eigenvalue weighted by Crippen LogP contribution is 2.38. The van der Waals surface area contributed by atoms with Gasteiger partial charge >= 0.3 is 5.97 Å². The Bertz CT molecular complexity index is 1070. The van der Waals surface area contributed by atoms with Gasteiger partial charge in [-0.1, -0.05) is 0 Å². The van der Waals surface area contributed by atoms with Crippen molar-refractivity contribution < 1.29 is 38.1 Å². The number of carbonyl (C=O) groups is 4. The molecule has 3 rings (SSSR count). The fraction of sp³-hybridized carbons (Fsp3) is 0.304. The van der Waals surface area contributed by atoms with E-state index in [9.17, 15) is 19.2 Å². The van der Waals surface area contributed by atoms with Crippen molar-refractivity contribution in [3.8, 4) is 17.2 Å². The minimum Gasteiger partial charge on any atom is -0.493 e. The van der Waals surface area contributed by atoms with Crippen LogP contribution in [0.2, 0.25) is 0 Å². The van der Waals surface area contributed by atoms with E-state index in [0.29, 0.717) is 17.0 Å². The molecule has 11 nitrogen and oxygen atoms in total. The lowest BCUT2D eigenvalue weighted by Gasteiger charge is -2.17. The predicted molar refractivity (Wildman–Crippen MR) is 120 cm³/mol. The third kappa shape index (κ3) is 4.94. The van der Waals surface area contributed by atoms with E-state index in [2.05, 4.69) is 10.9 Å². The summed E-state index contributed by atoms with van der Waals surface area (Å²) in [6.07, 6.45) is -0.159. The molecule has 0 saturated carbocycles. The average Bonchev–Trinajstić information content (AvgIpc) is 3.14. The highest BCUT2D eigenvalue weighted by Gasteiger charge is 2.39. The van der Waals surface area contributed by atoms with Gasteiger partial charge in [0.15, 0.2) is 11.5 Å². The van der Waals surface area contributed by atoms with Crippen LogP contribution in [-0.4, -0.2) is 57.7 Å². The van der Waals surface area contributed by atoms with E-state index >= 15 is 0 Å². The second-order valence-electron chi connectivity index (χ2n) is 7.10. The van der Waals surface area contributed by atoms with Gasteiger partial charge in [-0.3, -0.25) is 19.8 Å². The maximum Gasteiger partial charge on any atom is 0.338 e. The molecule has 3 amide bonds. The van der Waals surface area contributed by atoms with Crippen LogP contribution in [0.15, 0.2) is 36.4 Å². The van der Waals surface area contributed by atoms with Crippen LogP contribution in [0.5, 0.6) is 17.2 Å². The quantitative estimate of drug-likeness (QED) is 0.317. The van der Waals surface area contributed by atoms with Crippen LogP contribution in [0.25, 0.3) is 0 Å². The zero-order valence-electron chi connectivity index (χ0n) is 19.2. The smallest absolute Gasteiger partial charge is 0.338 e. The molecule has 1 atom stereocenters. The number of rotatable bonds is 9. The lowest BCUT2D eigenvalue weighted by molar-refractivity contribution is -0.121. The van der Waals surface area contributed by atoms with Gasteiger partial charge in [-0.15, -0.1) is 0 Å². The molecule has 1 fully saturated rings. The number of amides is 3. The SMILES string of the molecule is CCOC(=O)c1ccc(N2C(=O)CC(NNC(=O)c3cc(OC)c(OC)c(OC)c3)C2=O)cc1. The summed E-state index contributed by atoms with van der Waals surface area (Å²) in [7, 11) is 4.29. The van der Waals surface area contributed by atoms with Crippen molar-refractivity contribution in [1.29, 1.82) is 0 Å². The molecule has 0 spiro atoms. The third-order valence-electron chi connectivity index (χ3n) is 5.07. The van der Waals surface area contributed by atoms with E-state index in [0.717, 1.165) is 4.90 Å². The molecule has 180 valence electrons. The Labute approximate surface area is 195 Å². The van der Waals surface area contributed by atoms with E-state index in [1.165, 1.54) is 57.7 Å². The first kappa shape index (κ1) is 24.5. The molecule has 11 heteroatoms. The van der Waals surface area contributed by atoms with E-state index in [4.69, 9.17) is 18.9 Å². The Morgan fingerprint density at radius 2 is 1.59 bits per heavy atom. The Kier molecular flexibility index (Phi) is 7.69. The van der Waals surface area contributed by atoms with Gasteiger partial charge in [-0.2, -0.15) is 0 Å². The standard InChI is InChI=1S/C23H25N3O8/c1-5-34-23(30)13-6-8-15(9-7-13)26-19(27)12-16(22(26)29)24-25-21(28)14-10-17(31-2)20(33-4)18(11-14)32-3/h6-11,16,24H,5,12H2,1-4H3,(H,25,28). The molecule has 2 aromatic carbocycles. The predicted octanol–water partition coefficient (Wildman–Crippen LogP) is 1.46. The molecule has 1 heterocycles. The normalized spacial score (nSPS) is 15.2. The first-order chi connectivity index (χ1) is 16.3. The summed E-state index contributed by atoms with van der Waals surface area (Å²) < 4.78 is 20.6. The fourth-order valence-corrected chi connectivity index (χ4v) is 3.41. The third-order valence-corrected chi connectivity index (χ3v) is 5.07. The number of esters is 1. The van der Waals surface area contributed by atoms with Crippen molar-refractivity contribution in [2.24, 2.45) is 0 Å². The molecule has 2 N–H and O–H groups in total. The van der Waals surface area contributed by atoms with Crippen molar-refractivity contribution in [2.45, 2.75) is 19.4 Å². The highest BCUT2D eigenvalue weighted by molar-refractivity contribution is 6.22. The van der Waals surface area contributed by atoms with E-state index in [1.807, 2.05) is 0 Å². The maximum absolute atomic E-state index is 12.8. The van der Waals surface area contributed by atoms with Gasteiger partial charge < -0.3 is 18.9 Å². The number of nitrogens with one attached hydrogen (secondary N) is 2. The molecule has 1 aliphatic heterocycles. The van der Waals surface area contributed by atoms with Crippen LogP contribution < -0.4 is 30.0 Å². The van der Waals surface area contributed by atoms with Crippen LogP contribution in [0.1, 0.15) is 34.1 Å². The van der Waals surface area contributed by atoms with Crippen LogP contribution in [-0.2, 0) is 14.3 Å². The van der Waals surface area contributed by atoms with Gasteiger partial charge in [0.05, 0.1) is 45.6 Å². The van der Waals surface area contributed by atoms with Gasteiger partial charge in [0.1, 0.15) is 6.04 Å². The van der Waals surface area contributed by atoms with Gasteiger partial charge in [0.25, 0.3) is 11.8 Å². The molecular formula is C23H25N3O8. The summed E-state index contributed by atoms with van der Waals surface area (Å²) in [6.45, 7) is 1.93. The number of imide groups is 1. The summed E-state index contributed by atoms with van der Waals surface area (Å²) in [5.41, 5.74) is 5.85. The Morgan fingerprint density at radius 3 is 2.12 bits per heavy atom. The second-order valence-corrected chi connectivity index (χ2v) is 7.10. The van der Waals surface area contributed by atoms with E-state index in [1.54, 1.807) is 6.92 Å². The molecule has 1 saturated heterocycles. The lowest BCUT2D eigenvalue weighted by atomic mass is 10.1. The maximum atomic E-state index is 12.8. The first-order valence-corrected chi connectivity index (χ1v) is 10.3. The van der Waals surface area contributed by atoms with Crippen molar-refractivity contribution >= 4 is 29.4 Å². The molecule has 1 unspecified atom stereocenters. The van der Waals surface area contributed by atoms with Crippen molar-refractivity contribution in [1.82, 2.24) is 10.9 Å². The second kappa shape index (κ2) is 10.7. The molecule has 0 aromatic heterocycles. The molecule has 2 aromatic rings. The summed E-state index contributed by atoms with van der Waals surface area (Å²) in [6, 6.07) is 7.86. The summed E-state index contributed by atoms with van der Waals surface area (Å²) >= 11 is 0. The largest absolute Gasteiger partial charge is 0.493 e. The molecule has 0 aliphatic carbocycles. The number of anilines is 1. The molecule has 34 heavy (non-hydrogen) atoms. The molecular weight excluding hydrogens is 446 g/mol. The lowest BCUT2D eigenvalue weighted by Crippen LogP contribution is -2.48. The number of ether oxygens (including phenoxy) is 4. The fourth-order valence-electron chi connectivity index (χ4n) is 3.41. The molecule has 0 bridgehead atoms. The number of hydrogen-bond acceptors (Lipinski definition) is 9. The summed E-state index contributed by atoms with van der Waals surface area (Å²) in [5, 5.41) is 0. The minimum absolute atomic E-state index is 0.159. The minimum atomic E-state index is -0.969. The van der Waals surface area contributed by atoms with Crippen LogP contribution >= 0.6 is 0 Å². The van der Waals surface area contributed by atoms with Crippen molar-refractivity contribution in [2.75, 3.05) is 32.8 Å². The number of hydrogen-bond donors (Lipinski definition) is 2. The number of carbonyl (C=O) groups excluding carboxylic acids is 4. The zero-order valence-corrected chi connectivity index (χ0v) is 19.2.